The highest BCUT2D eigenvalue weighted by atomic mass is 16.6. The lowest BCUT2D eigenvalue weighted by molar-refractivity contribution is -0.186. The van der Waals surface area contributed by atoms with Crippen molar-refractivity contribution in [2.45, 2.75) is 262 Å². The number of hydrogen-bond acceptors (Lipinski definition) is 24. The lowest BCUT2D eigenvalue weighted by Gasteiger charge is -2.38. The minimum absolute atomic E-state index is 0.0804. The van der Waals surface area contributed by atoms with E-state index in [-0.39, 0.29) is 65.5 Å². The fourth-order valence-electron chi connectivity index (χ4n) is 12.3. The van der Waals surface area contributed by atoms with Gasteiger partial charge in [-0.05, 0) is 159 Å². The fraction of sp³-hybridized carbons (Fsp3) is 0.821. The zero-order valence-corrected chi connectivity index (χ0v) is 57.2. The van der Waals surface area contributed by atoms with Gasteiger partial charge in [-0.1, -0.05) is 48.5 Å². The van der Waals surface area contributed by atoms with E-state index in [2.05, 4.69) is 0 Å². The first-order valence-corrected chi connectivity index (χ1v) is 32.3. The van der Waals surface area contributed by atoms with Gasteiger partial charge in [0, 0.05) is 25.7 Å². The molecule has 4 aliphatic carbocycles. The molecule has 8 rings (SSSR count). The second-order valence-corrected chi connectivity index (χ2v) is 29.7. The Morgan fingerprint density at radius 1 is 0.473 bits per heavy atom. The topological polar surface area (TPSA) is 316 Å². The van der Waals surface area contributed by atoms with Crippen LogP contribution >= 0.6 is 0 Å². The number of carbonyl (C=O) groups is 12. The molecule has 0 aromatic carbocycles. The maximum absolute atomic E-state index is 12.1. The third-order valence-corrected chi connectivity index (χ3v) is 20.5. The molecule has 8 bridgehead atoms. The van der Waals surface area contributed by atoms with Crippen molar-refractivity contribution in [3.8, 4) is 0 Å². The molecule has 4 heterocycles. The molecule has 15 atom stereocenters. The molecule has 4 saturated heterocycles. The number of ether oxygens (including phenoxy) is 12. The van der Waals surface area contributed by atoms with Gasteiger partial charge < -0.3 is 56.8 Å². The van der Waals surface area contributed by atoms with E-state index in [1.54, 1.807) is 76.2 Å². The quantitative estimate of drug-likeness (QED) is 0.0812. The van der Waals surface area contributed by atoms with Crippen LogP contribution in [0.4, 0.5) is 0 Å². The van der Waals surface area contributed by atoms with Crippen LogP contribution in [0.2, 0.25) is 0 Å². The molecule has 24 nitrogen and oxygen atoms in total. The van der Waals surface area contributed by atoms with Crippen LogP contribution in [0.15, 0.2) is 0 Å². The summed E-state index contributed by atoms with van der Waals surface area (Å²) in [7, 11) is 0. The van der Waals surface area contributed by atoms with Crippen LogP contribution in [0, 0.1) is 62.6 Å². The van der Waals surface area contributed by atoms with Crippen molar-refractivity contribution >= 4 is 71.6 Å². The summed E-state index contributed by atoms with van der Waals surface area (Å²) in [4.78, 5) is 142. The molecule has 0 aromatic heterocycles. The Kier molecular flexibility index (Phi) is 24.3. The van der Waals surface area contributed by atoms with Gasteiger partial charge in [0.1, 0.15) is 47.3 Å². The molecular formula is C67H102O24. The van der Waals surface area contributed by atoms with Crippen molar-refractivity contribution in [1.29, 1.82) is 0 Å². The van der Waals surface area contributed by atoms with Crippen LogP contribution in [0.25, 0.3) is 0 Å². The maximum atomic E-state index is 12.1. The Bertz CT molecular complexity index is 2740. The lowest BCUT2D eigenvalue weighted by Crippen LogP contribution is -2.48. The van der Waals surface area contributed by atoms with Crippen LogP contribution in [0.1, 0.15) is 215 Å². The van der Waals surface area contributed by atoms with E-state index in [9.17, 15) is 57.5 Å². The molecule has 0 N–H and O–H groups in total. The number of esters is 12. The van der Waals surface area contributed by atoms with Crippen LogP contribution in [-0.4, -0.2) is 145 Å². The van der Waals surface area contributed by atoms with Gasteiger partial charge in [-0.25, -0.2) is 19.2 Å². The van der Waals surface area contributed by atoms with Gasteiger partial charge in [0.05, 0.1) is 44.8 Å². The third-order valence-electron chi connectivity index (χ3n) is 20.5. The van der Waals surface area contributed by atoms with Crippen molar-refractivity contribution < 1.29 is 114 Å². The average Bonchev–Trinajstić information content (AvgIpc) is 1.73. The number of carbonyl (C=O) groups excluding carboxylic acids is 12. The lowest BCUT2D eigenvalue weighted by atomic mass is 9.71. The first-order chi connectivity index (χ1) is 41.9. The van der Waals surface area contributed by atoms with E-state index < -0.39 is 142 Å². The van der Waals surface area contributed by atoms with Gasteiger partial charge in [0.15, 0.2) is 26.4 Å². The SMILES string of the molecule is CCC(C)(C)C(=O)OCC(=O)OC1(C)CC(C)C2CC1OC2=O.CCC(C)(C)C(=O)OCC(=O)OC1CC(C)C2CC1(C)OC2=O.CCC(C)(C)C(=O)OCC(=O)OC1CC(C)C2CC1OC2=O.CCC(C)(C)C(=O)OCC(=O)OC1CCC2(C)CC1(C)OC2=O. The molecule has 0 aromatic rings. The Labute approximate surface area is 535 Å². The Morgan fingerprint density at radius 3 is 1.38 bits per heavy atom. The van der Waals surface area contributed by atoms with Crippen LogP contribution in [0.3, 0.4) is 0 Å². The maximum Gasteiger partial charge on any atom is 0.344 e. The fourth-order valence-corrected chi connectivity index (χ4v) is 12.3. The summed E-state index contributed by atoms with van der Waals surface area (Å²) in [5, 5.41) is 0. The van der Waals surface area contributed by atoms with E-state index >= 15 is 0 Å². The van der Waals surface area contributed by atoms with Gasteiger partial charge in [0.2, 0.25) is 0 Å². The van der Waals surface area contributed by atoms with E-state index in [1.165, 1.54) is 0 Å². The molecule has 15 unspecified atom stereocenters. The van der Waals surface area contributed by atoms with Gasteiger partial charge in [-0.3, -0.25) is 38.4 Å². The molecule has 91 heavy (non-hydrogen) atoms. The molecule has 24 heteroatoms. The summed E-state index contributed by atoms with van der Waals surface area (Å²) in [5.41, 5.74) is -5.38. The summed E-state index contributed by atoms with van der Waals surface area (Å²) in [5.74, 6) is -4.93. The first kappa shape index (κ1) is 75.4. The molecule has 0 spiro atoms. The van der Waals surface area contributed by atoms with Gasteiger partial charge >= 0.3 is 71.6 Å². The van der Waals surface area contributed by atoms with Crippen molar-refractivity contribution in [2.24, 2.45) is 62.6 Å². The number of rotatable bonds is 20. The second kappa shape index (κ2) is 29.3. The highest BCUT2D eigenvalue weighted by Gasteiger charge is 2.61. The van der Waals surface area contributed by atoms with E-state index in [0.29, 0.717) is 83.5 Å². The Morgan fingerprint density at radius 2 is 0.901 bits per heavy atom. The minimum Gasteiger partial charge on any atom is -0.458 e. The Balaban J connectivity index is 0.000000220. The largest absolute Gasteiger partial charge is 0.458 e. The van der Waals surface area contributed by atoms with Gasteiger partial charge in [-0.2, -0.15) is 0 Å². The minimum atomic E-state index is -0.855. The van der Waals surface area contributed by atoms with Gasteiger partial charge in [0.25, 0.3) is 0 Å². The van der Waals surface area contributed by atoms with Crippen LogP contribution < -0.4 is 0 Å². The highest BCUT2D eigenvalue weighted by Crippen LogP contribution is 2.52. The number of hydrogen-bond donors (Lipinski definition) is 0. The van der Waals surface area contributed by atoms with E-state index in [0.717, 1.165) is 0 Å². The zero-order chi connectivity index (χ0) is 68.8. The molecule has 4 aliphatic heterocycles. The summed E-state index contributed by atoms with van der Waals surface area (Å²) >= 11 is 0. The van der Waals surface area contributed by atoms with Crippen molar-refractivity contribution in [2.75, 3.05) is 26.4 Å². The molecular weight excluding hydrogens is 1190 g/mol. The summed E-state index contributed by atoms with van der Waals surface area (Å²) in [6.07, 6.45) is 5.50. The molecule has 4 saturated carbocycles. The Hall–Kier alpha value is -6.36. The van der Waals surface area contributed by atoms with Crippen LogP contribution in [0.5, 0.6) is 0 Å². The summed E-state index contributed by atoms with van der Waals surface area (Å²) in [6, 6.07) is 0. The van der Waals surface area contributed by atoms with Crippen LogP contribution in [-0.2, 0) is 114 Å². The predicted molar refractivity (Wildman–Crippen MR) is 321 cm³/mol. The molecule has 8 fully saturated rings. The molecule has 8 aliphatic rings. The molecule has 0 radical (unpaired) electrons. The number of fused-ring (bicyclic) bond motifs is 8. The third kappa shape index (κ3) is 18.3. The average molecular weight is 1290 g/mol. The highest BCUT2D eigenvalue weighted by molar-refractivity contribution is 5.84. The molecule has 0 amide bonds. The van der Waals surface area contributed by atoms with Crippen molar-refractivity contribution in [3.63, 3.8) is 0 Å². The first-order valence-electron chi connectivity index (χ1n) is 32.3. The van der Waals surface area contributed by atoms with E-state index in [1.807, 2.05) is 55.4 Å². The summed E-state index contributed by atoms with van der Waals surface area (Å²) in [6.45, 7) is 33.1. The molecule has 514 valence electrons. The smallest absolute Gasteiger partial charge is 0.344 e. The van der Waals surface area contributed by atoms with E-state index in [4.69, 9.17) is 56.8 Å². The predicted octanol–water partition coefficient (Wildman–Crippen LogP) is 8.71. The van der Waals surface area contributed by atoms with Crippen molar-refractivity contribution in [3.05, 3.63) is 0 Å². The standard InChI is InChI=1S/3C17H26O6.C16H24O6/c1-6-16(3,4)15(20)21-9-13(18)23-17(5)8-10(2)11-7-12(17)22-14(11)19;1-6-16(3,4)15(20)21-9-13(18)22-12-7-10(2)11-8-17(12,5)23-14(11)19;1-6-15(2,3)13(19)21-9-12(18)22-11-7-8-16(4)10-17(11,5)23-14(16)20;1-5-16(3,4)15(19)20-8-13(17)21-11-6-9(2)10-7-12(11)22-14(10)18/h2*10-12H,6-9H2,1-5H3;11H,6-10H2,1-5H3;9-12H,5-8H2,1-4H3. The second-order valence-electron chi connectivity index (χ2n) is 29.7. The summed E-state index contributed by atoms with van der Waals surface area (Å²) < 4.78 is 63.4. The van der Waals surface area contributed by atoms with Crippen molar-refractivity contribution in [1.82, 2.24) is 0 Å². The normalized spacial score (nSPS) is 32.5. The monoisotopic (exact) mass is 1290 g/mol. The van der Waals surface area contributed by atoms with Gasteiger partial charge in [-0.15, -0.1) is 0 Å². The zero-order valence-electron chi connectivity index (χ0n) is 57.2.